The Morgan fingerprint density at radius 1 is 1.57 bits per heavy atom. The average Bonchev–Trinajstić information content (AvgIpc) is 2.16. The molecule has 1 N–H and O–H groups in total. The van der Waals surface area contributed by atoms with Crippen molar-refractivity contribution in [2.24, 2.45) is 5.92 Å². The van der Waals surface area contributed by atoms with E-state index in [1.807, 2.05) is 13.0 Å². The molecule has 0 saturated heterocycles. The Bertz CT molecular complexity index is 335. The molecule has 0 fully saturated rings. The number of nitriles is 1. The van der Waals surface area contributed by atoms with Crippen molar-refractivity contribution < 1.29 is 4.39 Å². The standard InChI is InChI=1S/C11H13FN2/c1-8(6-13)7-14-11-9(2)4-3-5-10(11)12/h3-5,8,14H,7H2,1-2H3. The van der Waals surface area contributed by atoms with E-state index < -0.39 is 0 Å². The lowest BCUT2D eigenvalue weighted by molar-refractivity contribution is 0.627. The number of rotatable bonds is 3. The molecule has 74 valence electrons. The van der Waals surface area contributed by atoms with Gasteiger partial charge >= 0.3 is 0 Å². The molecule has 0 bridgehead atoms. The minimum absolute atomic E-state index is 0.117. The van der Waals surface area contributed by atoms with Crippen LogP contribution in [0.15, 0.2) is 18.2 Å². The molecule has 0 aliphatic carbocycles. The van der Waals surface area contributed by atoms with Crippen LogP contribution in [-0.2, 0) is 0 Å². The highest BCUT2D eigenvalue weighted by Gasteiger charge is 2.05. The molecule has 1 unspecified atom stereocenters. The first-order chi connectivity index (χ1) is 6.65. The zero-order valence-corrected chi connectivity index (χ0v) is 8.34. The van der Waals surface area contributed by atoms with E-state index >= 15 is 0 Å². The summed E-state index contributed by atoms with van der Waals surface area (Å²) in [6, 6.07) is 7.00. The molecule has 3 heteroatoms. The average molecular weight is 192 g/mol. The van der Waals surface area contributed by atoms with Crippen molar-refractivity contribution >= 4 is 5.69 Å². The van der Waals surface area contributed by atoms with E-state index in [1.54, 1.807) is 13.0 Å². The van der Waals surface area contributed by atoms with Crippen LogP contribution in [0.5, 0.6) is 0 Å². The molecule has 0 radical (unpaired) electrons. The second-order valence-corrected chi connectivity index (χ2v) is 3.34. The second-order valence-electron chi connectivity index (χ2n) is 3.34. The largest absolute Gasteiger partial charge is 0.381 e. The summed E-state index contributed by atoms with van der Waals surface area (Å²) in [7, 11) is 0. The van der Waals surface area contributed by atoms with Crippen molar-refractivity contribution in [3.05, 3.63) is 29.6 Å². The molecule has 0 heterocycles. The summed E-state index contributed by atoms with van der Waals surface area (Å²) in [4.78, 5) is 0. The summed E-state index contributed by atoms with van der Waals surface area (Å²) in [6.07, 6.45) is 0. The fourth-order valence-electron chi connectivity index (χ4n) is 1.16. The third kappa shape index (κ3) is 2.46. The summed E-state index contributed by atoms with van der Waals surface area (Å²) in [6.45, 7) is 4.10. The molecule has 1 aromatic carbocycles. The number of anilines is 1. The Kier molecular flexibility index (Phi) is 3.47. The zero-order valence-electron chi connectivity index (χ0n) is 8.34. The molecular formula is C11H13FN2. The van der Waals surface area contributed by atoms with Crippen LogP contribution in [0, 0.1) is 30.0 Å². The van der Waals surface area contributed by atoms with Gasteiger partial charge in [-0.2, -0.15) is 5.26 Å². The highest BCUT2D eigenvalue weighted by Crippen LogP contribution is 2.18. The van der Waals surface area contributed by atoms with Gasteiger partial charge in [0.1, 0.15) is 5.82 Å². The SMILES string of the molecule is Cc1cccc(F)c1NCC(C)C#N. The first-order valence-electron chi connectivity index (χ1n) is 4.53. The maximum Gasteiger partial charge on any atom is 0.146 e. The van der Waals surface area contributed by atoms with E-state index in [9.17, 15) is 4.39 Å². The molecule has 2 nitrogen and oxygen atoms in total. The quantitative estimate of drug-likeness (QED) is 0.799. The van der Waals surface area contributed by atoms with Crippen molar-refractivity contribution in [2.75, 3.05) is 11.9 Å². The Morgan fingerprint density at radius 3 is 2.86 bits per heavy atom. The topological polar surface area (TPSA) is 35.8 Å². The number of halogens is 1. The third-order valence-electron chi connectivity index (χ3n) is 2.03. The summed E-state index contributed by atoms with van der Waals surface area (Å²) in [5.41, 5.74) is 1.35. The van der Waals surface area contributed by atoms with Crippen LogP contribution in [0.25, 0.3) is 0 Å². The number of aryl methyl sites for hydroxylation is 1. The summed E-state index contributed by atoms with van der Waals surface area (Å²) >= 11 is 0. The van der Waals surface area contributed by atoms with Gasteiger partial charge in [-0.3, -0.25) is 0 Å². The van der Waals surface area contributed by atoms with E-state index in [1.165, 1.54) is 6.07 Å². The number of para-hydroxylation sites is 1. The van der Waals surface area contributed by atoms with Crippen LogP contribution >= 0.6 is 0 Å². The van der Waals surface area contributed by atoms with Crippen LogP contribution < -0.4 is 5.32 Å². The van der Waals surface area contributed by atoms with Crippen LogP contribution in [-0.4, -0.2) is 6.54 Å². The first kappa shape index (κ1) is 10.5. The van der Waals surface area contributed by atoms with Gasteiger partial charge in [0, 0.05) is 6.54 Å². The zero-order chi connectivity index (χ0) is 10.6. The lowest BCUT2D eigenvalue weighted by atomic mass is 10.1. The Hall–Kier alpha value is -1.56. The lowest BCUT2D eigenvalue weighted by Gasteiger charge is -2.10. The molecule has 1 atom stereocenters. The number of hydrogen-bond donors (Lipinski definition) is 1. The van der Waals surface area contributed by atoms with E-state index in [0.717, 1.165) is 5.56 Å². The molecule has 0 aliphatic rings. The van der Waals surface area contributed by atoms with Crippen molar-refractivity contribution in [1.82, 2.24) is 0 Å². The van der Waals surface area contributed by atoms with Gasteiger partial charge in [-0.05, 0) is 25.5 Å². The monoisotopic (exact) mass is 192 g/mol. The van der Waals surface area contributed by atoms with E-state index in [4.69, 9.17) is 5.26 Å². The van der Waals surface area contributed by atoms with Crippen LogP contribution in [0.3, 0.4) is 0 Å². The van der Waals surface area contributed by atoms with Crippen molar-refractivity contribution in [2.45, 2.75) is 13.8 Å². The third-order valence-corrected chi connectivity index (χ3v) is 2.03. The first-order valence-corrected chi connectivity index (χ1v) is 4.53. The molecule has 0 aromatic heterocycles. The van der Waals surface area contributed by atoms with Gasteiger partial charge in [-0.25, -0.2) is 4.39 Å². The number of benzene rings is 1. The number of nitrogens with zero attached hydrogens (tertiary/aromatic N) is 1. The number of nitrogens with one attached hydrogen (secondary N) is 1. The maximum atomic E-state index is 13.3. The predicted octanol–water partition coefficient (Wildman–Crippen LogP) is 2.71. The minimum Gasteiger partial charge on any atom is -0.381 e. The van der Waals surface area contributed by atoms with E-state index in [2.05, 4.69) is 11.4 Å². The second kappa shape index (κ2) is 4.61. The molecule has 0 amide bonds. The minimum atomic E-state index is -0.268. The Labute approximate surface area is 83.4 Å². The van der Waals surface area contributed by atoms with Gasteiger partial charge in [-0.1, -0.05) is 12.1 Å². The highest BCUT2D eigenvalue weighted by molar-refractivity contribution is 5.51. The summed E-state index contributed by atoms with van der Waals surface area (Å²) in [5, 5.41) is 11.5. The highest BCUT2D eigenvalue weighted by atomic mass is 19.1. The molecule has 1 rings (SSSR count). The van der Waals surface area contributed by atoms with Gasteiger partial charge in [0.05, 0.1) is 17.7 Å². The normalized spacial score (nSPS) is 11.9. The smallest absolute Gasteiger partial charge is 0.146 e. The van der Waals surface area contributed by atoms with Crippen LogP contribution in [0.4, 0.5) is 10.1 Å². The van der Waals surface area contributed by atoms with Crippen molar-refractivity contribution in [1.29, 1.82) is 5.26 Å². The molecular weight excluding hydrogens is 179 g/mol. The maximum absolute atomic E-state index is 13.3. The summed E-state index contributed by atoms with van der Waals surface area (Å²) in [5.74, 6) is -0.385. The van der Waals surface area contributed by atoms with Gasteiger partial charge in [0.25, 0.3) is 0 Å². The van der Waals surface area contributed by atoms with Gasteiger partial charge in [0.15, 0.2) is 0 Å². The predicted molar refractivity (Wildman–Crippen MR) is 54.4 cm³/mol. The fourth-order valence-corrected chi connectivity index (χ4v) is 1.16. The van der Waals surface area contributed by atoms with Gasteiger partial charge in [0.2, 0.25) is 0 Å². The number of hydrogen-bond acceptors (Lipinski definition) is 2. The molecule has 0 aliphatic heterocycles. The molecule has 1 aromatic rings. The Morgan fingerprint density at radius 2 is 2.29 bits per heavy atom. The molecule has 0 spiro atoms. The van der Waals surface area contributed by atoms with Crippen LogP contribution in [0.2, 0.25) is 0 Å². The van der Waals surface area contributed by atoms with Crippen molar-refractivity contribution in [3.8, 4) is 6.07 Å². The molecule has 0 saturated carbocycles. The van der Waals surface area contributed by atoms with Crippen LogP contribution in [0.1, 0.15) is 12.5 Å². The lowest BCUT2D eigenvalue weighted by Crippen LogP contribution is -2.11. The van der Waals surface area contributed by atoms with Gasteiger partial charge in [-0.15, -0.1) is 0 Å². The van der Waals surface area contributed by atoms with E-state index in [-0.39, 0.29) is 11.7 Å². The van der Waals surface area contributed by atoms with Crippen molar-refractivity contribution in [3.63, 3.8) is 0 Å². The van der Waals surface area contributed by atoms with Gasteiger partial charge < -0.3 is 5.32 Å². The Balaban J connectivity index is 2.72. The summed E-state index contributed by atoms with van der Waals surface area (Å²) < 4.78 is 13.3. The van der Waals surface area contributed by atoms with E-state index in [0.29, 0.717) is 12.2 Å². The molecule has 14 heavy (non-hydrogen) atoms. The fraction of sp³-hybridized carbons (Fsp3) is 0.364.